The van der Waals surface area contributed by atoms with E-state index >= 15 is 0 Å². The standard InChI is InChI=1S/C13H17IN2/c1-2-3-4-5-8-16-13-9-12(14)7-6-11(13)10-15-16/h6-7,9-10H,2-5,8H2,1H3. The van der Waals surface area contributed by atoms with Gasteiger partial charge >= 0.3 is 0 Å². The van der Waals surface area contributed by atoms with E-state index in [1.54, 1.807) is 0 Å². The Bertz CT molecular complexity index is 462. The predicted octanol–water partition coefficient (Wildman–Crippen LogP) is 4.22. The maximum atomic E-state index is 4.45. The normalized spacial score (nSPS) is 11.1. The molecule has 3 heteroatoms. The van der Waals surface area contributed by atoms with Gasteiger partial charge in [-0.15, -0.1) is 0 Å². The summed E-state index contributed by atoms with van der Waals surface area (Å²) in [5, 5.41) is 5.69. The molecule has 0 aliphatic rings. The predicted molar refractivity (Wildman–Crippen MR) is 76.6 cm³/mol. The summed E-state index contributed by atoms with van der Waals surface area (Å²) in [6.45, 7) is 3.29. The molecular weight excluding hydrogens is 311 g/mol. The Morgan fingerprint density at radius 2 is 2.12 bits per heavy atom. The van der Waals surface area contributed by atoms with Gasteiger partial charge in [0.1, 0.15) is 0 Å². The summed E-state index contributed by atoms with van der Waals surface area (Å²) in [6, 6.07) is 6.49. The summed E-state index contributed by atoms with van der Waals surface area (Å²) < 4.78 is 3.41. The van der Waals surface area contributed by atoms with Crippen LogP contribution < -0.4 is 0 Å². The van der Waals surface area contributed by atoms with Crippen molar-refractivity contribution in [1.82, 2.24) is 9.78 Å². The van der Waals surface area contributed by atoms with E-state index in [0.717, 1.165) is 6.54 Å². The van der Waals surface area contributed by atoms with Crippen molar-refractivity contribution in [3.63, 3.8) is 0 Å². The van der Waals surface area contributed by atoms with E-state index in [9.17, 15) is 0 Å². The molecule has 0 radical (unpaired) electrons. The van der Waals surface area contributed by atoms with Gasteiger partial charge in [-0.2, -0.15) is 5.10 Å². The second-order valence-electron chi connectivity index (χ2n) is 4.13. The van der Waals surface area contributed by atoms with Crippen LogP contribution in [0.25, 0.3) is 10.9 Å². The summed E-state index contributed by atoms with van der Waals surface area (Å²) in [7, 11) is 0. The first kappa shape index (κ1) is 11.9. The fourth-order valence-corrected chi connectivity index (χ4v) is 2.38. The second kappa shape index (κ2) is 5.66. The van der Waals surface area contributed by atoms with Gasteiger partial charge in [-0.3, -0.25) is 4.68 Å². The average molecular weight is 328 g/mol. The summed E-state index contributed by atoms with van der Waals surface area (Å²) in [4.78, 5) is 0. The Labute approximate surface area is 110 Å². The van der Waals surface area contributed by atoms with E-state index in [-0.39, 0.29) is 0 Å². The highest BCUT2D eigenvalue weighted by atomic mass is 127. The Balaban J connectivity index is 2.09. The van der Waals surface area contributed by atoms with Crippen molar-refractivity contribution in [3.05, 3.63) is 28.0 Å². The lowest BCUT2D eigenvalue weighted by molar-refractivity contribution is 0.553. The number of halogens is 1. The molecule has 86 valence electrons. The Hall–Kier alpha value is -0.580. The Morgan fingerprint density at radius 1 is 1.25 bits per heavy atom. The average Bonchev–Trinajstić information content (AvgIpc) is 2.67. The zero-order chi connectivity index (χ0) is 11.4. The van der Waals surface area contributed by atoms with E-state index in [1.807, 2.05) is 6.20 Å². The van der Waals surface area contributed by atoms with Crippen molar-refractivity contribution in [1.29, 1.82) is 0 Å². The molecule has 0 aliphatic heterocycles. The van der Waals surface area contributed by atoms with E-state index < -0.39 is 0 Å². The Morgan fingerprint density at radius 3 is 2.94 bits per heavy atom. The number of hydrogen-bond acceptors (Lipinski definition) is 1. The SMILES string of the molecule is CCCCCCn1ncc2ccc(I)cc21. The van der Waals surface area contributed by atoms with Gasteiger partial charge in [-0.1, -0.05) is 32.3 Å². The third kappa shape index (κ3) is 2.75. The van der Waals surface area contributed by atoms with Gasteiger partial charge in [0.25, 0.3) is 0 Å². The molecular formula is C13H17IN2. The lowest BCUT2D eigenvalue weighted by Crippen LogP contribution is -1.99. The summed E-state index contributed by atoms with van der Waals surface area (Å²) in [6.07, 6.45) is 7.12. The van der Waals surface area contributed by atoms with E-state index in [0.29, 0.717) is 0 Å². The fourth-order valence-electron chi connectivity index (χ4n) is 1.91. The van der Waals surface area contributed by atoms with Crippen LogP contribution in [0.3, 0.4) is 0 Å². The summed E-state index contributed by atoms with van der Waals surface area (Å²) in [5.74, 6) is 0. The quantitative estimate of drug-likeness (QED) is 0.593. The zero-order valence-electron chi connectivity index (χ0n) is 9.62. The van der Waals surface area contributed by atoms with Gasteiger partial charge in [0.05, 0.1) is 11.7 Å². The van der Waals surface area contributed by atoms with Crippen LogP contribution in [0.4, 0.5) is 0 Å². The minimum Gasteiger partial charge on any atom is -0.265 e. The third-order valence-corrected chi connectivity index (χ3v) is 3.50. The van der Waals surface area contributed by atoms with Crippen molar-refractivity contribution in [3.8, 4) is 0 Å². The first-order valence-electron chi connectivity index (χ1n) is 5.92. The fraction of sp³-hybridized carbons (Fsp3) is 0.462. The van der Waals surface area contributed by atoms with Crippen molar-refractivity contribution < 1.29 is 0 Å². The largest absolute Gasteiger partial charge is 0.265 e. The molecule has 0 spiro atoms. The van der Waals surface area contributed by atoms with Gasteiger partial charge < -0.3 is 0 Å². The number of rotatable bonds is 5. The molecule has 2 rings (SSSR count). The molecule has 1 aromatic heterocycles. The smallest absolute Gasteiger partial charge is 0.0692 e. The highest BCUT2D eigenvalue weighted by molar-refractivity contribution is 14.1. The van der Waals surface area contributed by atoms with Gasteiger partial charge in [0.15, 0.2) is 0 Å². The molecule has 0 bridgehead atoms. The number of fused-ring (bicyclic) bond motifs is 1. The van der Waals surface area contributed by atoms with Crippen LogP contribution in [0.5, 0.6) is 0 Å². The maximum Gasteiger partial charge on any atom is 0.0692 e. The lowest BCUT2D eigenvalue weighted by atomic mass is 10.2. The van der Waals surface area contributed by atoms with Crippen LogP contribution in [0, 0.1) is 3.57 Å². The van der Waals surface area contributed by atoms with E-state index in [2.05, 4.69) is 57.5 Å². The summed E-state index contributed by atoms with van der Waals surface area (Å²) in [5.41, 5.74) is 1.27. The van der Waals surface area contributed by atoms with Crippen molar-refractivity contribution >= 4 is 33.5 Å². The third-order valence-electron chi connectivity index (χ3n) is 2.83. The number of aryl methyl sites for hydroxylation is 1. The molecule has 0 amide bonds. The van der Waals surface area contributed by atoms with Crippen LogP contribution in [0.1, 0.15) is 32.6 Å². The number of nitrogens with zero attached hydrogens (tertiary/aromatic N) is 2. The number of unbranched alkanes of at least 4 members (excludes halogenated alkanes) is 3. The minimum absolute atomic E-state index is 1.05. The van der Waals surface area contributed by atoms with Crippen molar-refractivity contribution in [2.75, 3.05) is 0 Å². The van der Waals surface area contributed by atoms with Crippen molar-refractivity contribution in [2.45, 2.75) is 39.2 Å². The zero-order valence-corrected chi connectivity index (χ0v) is 11.8. The molecule has 2 aromatic rings. The minimum atomic E-state index is 1.05. The highest BCUT2D eigenvalue weighted by Crippen LogP contribution is 2.17. The molecule has 1 aromatic carbocycles. The van der Waals surface area contributed by atoms with Crippen LogP contribution >= 0.6 is 22.6 Å². The summed E-state index contributed by atoms with van der Waals surface area (Å²) >= 11 is 2.35. The number of benzene rings is 1. The topological polar surface area (TPSA) is 17.8 Å². The van der Waals surface area contributed by atoms with Crippen LogP contribution in [0.2, 0.25) is 0 Å². The molecule has 0 fully saturated rings. The molecule has 2 nitrogen and oxygen atoms in total. The van der Waals surface area contributed by atoms with E-state index in [1.165, 1.54) is 40.2 Å². The first-order chi connectivity index (χ1) is 7.81. The molecule has 16 heavy (non-hydrogen) atoms. The Kier molecular flexibility index (Phi) is 4.21. The van der Waals surface area contributed by atoms with Crippen LogP contribution in [-0.2, 0) is 6.54 Å². The molecule has 0 saturated carbocycles. The van der Waals surface area contributed by atoms with E-state index in [4.69, 9.17) is 0 Å². The molecule has 0 aliphatic carbocycles. The molecule has 0 atom stereocenters. The second-order valence-corrected chi connectivity index (χ2v) is 5.38. The van der Waals surface area contributed by atoms with Crippen molar-refractivity contribution in [2.24, 2.45) is 0 Å². The number of aromatic nitrogens is 2. The van der Waals surface area contributed by atoms with Gasteiger partial charge in [-0.05, 0) is 41.1 Å². The molecule has 0 N–H and O–H groups in total. The lowest BCUT2D eigenvalue weighted by Gasteiger charge is -2.03. The highest BCUT2D eigenvalue weighted by Gasteiger charge is 2.02. The van der Waals surface area contributed by atoms with Crippen LogP contribution in [-0.4, -0.2) is 9.78 Å². The molecule has 1 heterocycles. The molecule has 0 saturated heterocycles. The van der Waals surface area contributed by atoms with Gasteiger partial charge in [0, 0.05) is 15.5 Å². The maximum absolute atomic E-state index is 4.45. The molecule has 0 unspecified atom stereocenters. The monoisotopic (exact) mass is 328 g/mol. The first-order valence-corrected chi connectivity index (χ1v) is 7.00. The number of hydrogen-bond donors (Lipinski definition) is 0. The van der Waals surface area contributed by atoms with Gasteiger partial charge in [-0.25, -0.2) is 0 Å². The van der Waals surface area contributed by atoms with Gasteiger partial charge in [0.2, 0.25) is 0 Å². The van der Waals surface area contributed by atoms with Crippen LogP contribution in [0.15, 0.2) is 24.4 Å².